The van der Waals surface area contributed by atoms with E-state index in [-0.39, 0.29) is 5.91 Å². The van der Waals surface area contributed by atoms with Crippen molar-refractivity contribution in [2.24, 2.45) is 0 Å². The van der Waals surface area contributed by atoms with Crippen LogP contribution in [0.1, 0.15) is 30.3 Å². The summed E-state index contributed by atoms with van der Waals surface area (Å²) in [6, 6.07) is 2.14. The van der Waals surface area contributed by atoms with E-state index < -0.39 is 0 Å². The molecule has 4 heteroatoms. The van der Waals surface area contributed by atoms with E-state index in [1.54, 1.807) is 12.3 Å². The highest BCUT2D eigenvalue weighted by Crippen LogP contribution is 2.27. The van der Waals surface area contributed by atoms with Crippen molar-refractivity contribution in [3.8, 4) is 0 Å². The Balaban J connectivity index is 2.13. The number of aromatic amines is 1. The Bertz CT molecular complexity index is 341. The van der Waals surface area contributed by atoms with E-state index in [4.69, 9.17) is 5.73 Å². The number of rotatable bonds is 3. The zero-order valence-corrected chi connectivity index (χ0v) is 8.29. The molecule has 1 amide bonds. The molecular weight excluding hydrogens is 178 g/mol. The largest absolute Gasteiger partial charge is 0.397 e. The van der Waals surface area contributed by atoms with Crippen LogP contribution < -0.4 is 5.73 Å². The standard InChI is InChI=1S/C10H15N3O/c1-2-13(8-3-4-8)10(14)9-5-7(11)6-12-9/h5-6,8,12H,2-4,11H2,1H3. The molecule has 2 rings (SSSR count). The summed E-state index contributed by atoms with van der Waals surface area (Å²) in [5.74, 6) is 0.0618. The number of H-pyrrole nitrogens is 1. The number of aromatic nitrogens is 1. The fraction of sp³-hybridized carbons (Fsp3) is 0.500. The molecule has 0 aliphatic heterocycles. The van der Waals surface area contributed by atoms with E-state index in [0.717, 1.165) is 19.4 Å². The topological polar surface area (TPSA) is 62.1 Å². The average molecular weight is 193 g/mol. The Morgan fingerprint density at radius 1 is 1.71 bits per heavy atom. The second-order valence-corrected chi connectivity index (χ2v) is 3.67. The number of amides is 1. The van der Waals surface area contributed by atoms with E-state index >= 15 is 0 Å². The van der Waals surface area contributed by atoms with Crippen molar-refractivity contribution >= 4 is 11.6 Å². The summed E-state index contributed by atoms with van der Waals surface area (Å²) in [6.07, 6.45) is 3.92. The lowest BCUT2D eigenvalue weighted by molar-refractivity contribution is 0.0747. The molecule has 0 spiro atoms. The van der Waals surface area contributed by atoms with Gasteiger partial charge in [0.1, 0.15) is 5.69 Å². The SMILES string of the molecule is CCN(C(=O)c1cc(N)c[nH]1)C1CC1. The molecule has 0 bridgehead atoms. The first-order chi connectivity index (χ1) is 6.72. The Labute approximate surface area is 83.1 Å². The van der Waals surface area contributed by atoms with Crippen LogP contribution in [0.3, 0.4) is 0 Å². The lowest BCUT2D eigenvalue weighted by Gasteiger charge is -2.19. The van der Waals surface area contributed by atoms with Gasteiger partial charge >= 0.3 is 0 Å². The number of carbonyl (C=O) groups is 1. The summed E-state index contributed by atoms with van der Waals surface area (Å²) in [6.45, 7) is 2.77. The van der Waals surface area contributed by atoms with Crippen LogP contribution in [-0.2, 0) is 0 Å². The number of anilines is 1. The van der Waals surface area contributed by atoms with Crippen LogP contribution in [0.5, 0.6) is 0 Å². The van der Waals surface area contributed by atoms with Crippen LogP contribution in [0.4, 0.5) is 5.69 Å². The lowest BCUT2D eigenvalue weighted by Crippen LogP contribution is -2.32. The maximum absolute atomic E-state index is 11.9. The third kappa shape index (κ3) is 1.60. The molecular formula is C10H15N3O. The van der Waals surface area contributed by atoms with Crippen LogP contribution in [-0.4, -0.2) is 28.4 Å². The summed E-state index contributed by atoms with van der Waals surface area (Å²) in [4.78, 5) is 16.7. The Kier molecular flexibility index (Phi) is 2.19. The van der Waals surface area contributed by atoms with Crippen LogP contribution in [0.25, 0.3) is 0 Å². The number of hydrogen-bond acceptors (Lipinski definition) is 2. The Hall–Kier alpha value is -1.45. The van der Waals surface area contributed by atoms with Gasteiger partial charge in [0.25, 0.3) is 5.91 Å². The summed E-state index contributed by atoms with van der Waals surface area (Å²) in [5.41, 5.74) is 6.75. The second kappa shape index (κ2) is 3.36. The van der Waals surface area contributed by atoms with Crippen LogP contribution in [0.2, 0.25) is 0 Å². The summed E-state index contributed by atoms with van der Waals surface area (Å²) in [5, 5.41) is 0. The first kappa shape index (κ1) is 9.12. The van der Waals surface area contributed by atoms with Crippen molar-refractivity contribution in [2.45, 2.75) is 25.8 Å². The molecule has 14 heavy (non-hydrogen) atoms. The highest BCUT2D eigenvalue weighted by Gasteiger charge is 2.32. The van der Waals surface area contributed by atoms with Crippen molar-refractivity contribution in [1.29, 1.82) is 0 Å². The average Bonchev–Trinajstić information content (AvgIpc) is 2.90. The first-order valence-corrected chi connectivity index (χ1v) is 4.97. The second-order valence-electron chi connectivity index (χ2n) is 3.67. The molecule has 0 atom stereocenters. The number of nitrogens with zero attached hydrogens (tertiary/aromatic N) is 1. The minimum absolute atomic E-state index is 0.0618. The Morgan fingerprint density at radius 2 is 2.43 bits per heavy atom. The highest BCUT2D eigenvalue weighted by molar-refractivity contribution is 5.93. The molecule has 1 saturated carbocycles. The molecule has 1 aliphatic rings. The van der Waals surface area contributed by atoms with E-state index in [0.29, 0.717) is 17.4 Å². The lowest BCUT2D eigenvalue weighted by atomic mass is 10.3. The van der Waals surface area contributed by atoms with Gasteiger partial charge in [-0.1, -0.05) is 0 Å². The van der Waals surface area contributed by atoms with Gasteiger partial charge in [-0.2, -0.15) is 0 Å². The number of nitrogens with one attached hydrogen (secondary N) is 1. The molecule has 76 valence electrons. The molecule has 0 saturated heterocycles. The van der Waals surface area contributed by atoms with Crippen molar-refractivity contribution < 1.29 is 4.79 Å². The predicted octanol–water partition coefficient (Wildman–Crippen LogP) is 1.22. The van der Waals surface area contributed by atoms with Crippen LogP contribution in [0.15, 0.2) is 12.3 Å². The van der Waals surface area contributed by atoms with Gasteiger partial charge in [-0.15, -0.1) is 0 Å². The highest BCUT2D eigenvalue weighted by atomic mass is 16.2. The molecule has 4 nitrogen and oxygen atoms in total. The number of hydrogen-bond donors (Lipinski definition) is 2. The van der Waals surface area contributed by atoms with Crippen molar-refractivity contribution in [3.63, 3.8) is 0 Å². The number of nitrogen functional groups attached to an aromatic ring is 1. The van der Waals surface area contributed by atoms with Gasteiger partial charge in [-0.3, -0.25) is 4.79 Å². The van der Waals surface area contributed by atoms with E-state index in [9.17, 15) is 4.79 Å². The van der Waals surface area contributed by atoms with E-state index in [1.807, 2.05) is 11.8 Å². The fourth-order valence-electron chi connectivity index (χ4n) is 1.64. The van der Waals surface area contributed by atoms with Crippen molar-refractivity contribution in [3.05, 3.63) is 18.0 Å². The third-order valence-electron chi connectivity index (χ3n) is 2.52. The van der Waals surface area contributed by atoms with Gasteiger partial charge in [0, 0.05) is 24.5 Å². The molecule has 1 aromatic rings. The zero-order chi connectivity index (χ0) is 10.1. The zero-order valence-electron chi connectivity index (χ0n) is 8.29. The Morgan fingerprint density at radius 3 is 2.86 bits per heavy atom. The smallest absolute Gasteiger partial charge is 0.270 e. The normalized spacial score (nSPS) is 15.5. The summed E-state index contributed by atoms with van der Waals surface area (Å²) >= 11 is 0. The van der Waals surface area contributed by atoms with Gasteiger partial charge in [-0.25, -0.2) is 0 Å². The van der Waals surface area contributed by atoms with Gasteiger partial charge in [0.05, 0.1) is 0 Å². The van der Waals surface area contributed by atoms with Crippen molar-refractivity contribution in [1.82, 2.24) is 9.88 Å². The van der Waals surface area contributed by atoms with Crippen molar-refractivity contribution in [2.75, 3.05) is 12.3 Å². The minimum atomic E-state index is 0.0618. The maximum Gasteiger partial charge on any atom is 0.270 e. The molecule has 3 N–H and O–H groups in total. The van der Waals surface area contributed by atoms with Gasteiger partial charge in [0.15, 0.2) is 0 Å². The molecule has 0 radical (unpaired) electrons. The first-order valence-electron chi connectivity index (χ1n) is 4.97. The third-order valence-corrected chi connectivity index (χ3v) is 2.52. The number of nitrogens with two attached hydrogens (primary N) is 1. The van der Waals surface area contributed by atoms with Gasteiger partial charge in [0.2, 0.25) is 0 Å². The molecule has 1 aliphatic carbocycles. The number of carbonyl (C=O) groups excluding carboxylic acids is 1. The van der Waals surface area contributed by atoms with E-state index in [2.05, 4.69) is 4.98 Å². The van der Waals surface area contributed by atoms with Gasteiger partial charge in [-0.05, 0) is 25.8 Å². The monoisotopic (exact) mass is 193 g/mol. The minimum Gasteiger partial charge on any atom is -0.397 e. The van der Waals surface area contributed by atoms with Gasteiger partial charge < -0.3 is 15.6 Å². The van der Waals surface area contributed by atoms with Crippen LogP contribution in [0, 0.1) is 0 Å². The summed E-state index contributed by atoms with van der Waals surface area (Å²) in [7, 11) is 0. The summed E-state index contributed by atoms with van der Waals surface area (Å²) < 4.78 is 0. The quantitative estimate of drug-likeness (QED) is 0.758. The molecule has 1 fully saturated rings. The predicted molar refractivity (Wildman–Crippen MR) is 54.9 cm³/mol. The van der Waals surface area contributed by atoms with E-state index in [1.165, 1.54) is 0 Å². The van der Waals surface area contributed by atoms with Crippen LogP contribution >= 0.6 is 0 Å². The maximum atomic E-state index is 11.9. The molecule has 0 aromatic carbocycles. The molecule has 1 aromatic heterocycles. The molecule has 0 unspecified atom stereocenters. The molecule has 1 heterocycles. The fourth-order valence-corrected chi connectivity index (χ4v) is 1.64.